The van der Waals surface area contributed by atoms with Crippen LogP contribution in [0, 0.1) is 5.92 Å². The maximum absolute atomic E-state index is 13.1. The Bertz CT molecular complexity index is 1200. The molecule has 230 valence electrons. The van der Waals surface area contributed by atoms with Crippen molar-refractivity contribution in [3.63, 3.8) is 0 Å². The highest BCUT2D eigenvalue weighted by molar-refractivity contribution is 6.32. The molecule has 2 aromatic rings. The van der Waals surface area contributed by atoms with E-state index in [0.29, 0.717) is 16.3 Å². The lowest BCUT2D eigenvalue weighted by Gasteiger charge is -2.23. The van der Waals surface area contributed by atoms with Crippen LogP contribution in [0.4, 0.5) is 4.79 Å². The van der Waals surface area contributed by atoms with Crippen LogP contribution in [0.1, 0.15) is 58.6 Å². The fraction of sp³-hybridized carbons (Fsp3) is 0.484. The number of benzene rings is 2. The topological polar surface area (TPSA) is 129 Å². The van der Waals surface area contributed by atoms with Crippen LogP contribution >= 0.6 is 11.6 Å². The van der Waals surface area contributed by atoms with E-state index in [4.69, 9.17) is 30.5 Å². The summed E-state index contributed by atoms with van der Waals surface area (Å²) in [5, 5.41) is 5.58. The molecule has 11 heteroatoms. The van der Waals surface area contributed by atoms with Crippen LogP contribution in [0.2, 0.25) is 5.02 Å². The first kappa shape index (κ1) is 34.4. The van der Waals surface area contributed by atoms with Crippen LogP contribution in [0.3, 0.4) is 0 Å². The summed E-state index contributed by atoms with van der Waals surface area (Å²) in [4.78, 5) is 50.8. The van der Waals surface area contributed by atoms with Crippen molar-refractivity contribution >= 4 is 35.5 Å². The van der Waals surface area contributed by atoms with E-state index in [1.54, 1.807) is 39.0 Å². The van der Waals surface area contributed by atoms with Gasteiger partial charge in [0.15, 0.2) is 6.10 Å². The van der Waals surface area contributed by atoms with Gasteiger partial charge in [-0.05, 0) is 56.4 Å². The van der Waals surface area contributed by atoms with Gasteiger partial charge in [0, 0.05) is 13.0 Å². The number of alkyl carbamates (subject to hydrolysis) is 1. The van der Waals surface area contributed by atoms with E-state index in [9.17, 15) is 19.2 Å². The molecule has 0 radical (unpaired) electrons. The molecule has 10 nitrogen and oxygen atoms in total. The van der Waals surface area contributed by atoms with Crippen LogP contribution in [0.15, 0.2) is 48.5 Å². The molecule has 2 aromatic carbocycles. The third-order valence-electron chi connectivity index (χ3n) is 5.74. The monoisotopic (exact) mass is 604 g/mol. The van der Waals surface area contributed by atoms with Crippen LogP contribution in [0.25, 0.3) is 0 Å². The third kappa shape index (κ3) is 12.8. The van der Waals surface area contributed by atoms with Gasteiger partial charge < -0.3 is 29.6 Å². The van der Waals surface area contributed by atoms with Crippen LogP contribution in [-0.4, -0.2) is 55.3 Å². The number of carbonyl (C=O) groups is 4. The maximum atomic E-state index is 13.1. The van der Waals surface area contributed by atoms with Gasteiger partial charge in [-0.2, -0.15) is 0 Å². The van der Waals surface area contributed by atoms with Gasteiger partial charge in [-0.1, -0.05) is 61.8 Å². The number of ether oxygens (including phenoxy) is 4. The van der Waals surface area contributed by atoms with Crippen molar-refractivity contribution in [2.75, 3.05) is 13.7 Å². The van der Waals surface area contributed by atoms with Crippen molar-refractivity contribution < 1.29 is 38.1 Å². The number of carbonyl (C=O) groups excluding carboxylic acids is 4. The third-order valence-corrected chi connectivity index (χ3v) is 6.03. The molecule has 0 aliphatic rings. The smallest absolute Gasteiger partial charge is 0.408 e. The van der Waals surface area contributed by atoms with Crippen molar-refractivity contribution in [1.82, 2.24) is 10.6 Å². The molecule has 0 spiro atoms. The molecule has 2 rings (SSSR count). The minimum atomic E-state index is -1.07. The Morgan fingerprint density at radius 2 is 1.67 bits per heavy atom. The Hall–Kier alpha value is -3.79. The Labute approximate surface area is 252 Å². The average molecular weight is 605 g/mol. The lowest BCUT2D eigenvalue weighted by atomic mass is 10.0. The normalized spacial score (nSPS) is 12.6. The Balaban J connectivity index is 1.98. The first-order chi connectivity index (χ1) is 19.8. The fourth-order valence-corrected chi connectivity index (χ4v) is 4.08. The number of methoxy groups -OCH3 is 1. The molecule has 0 aliphatic heterocycles. The highest BCUT2D eigenvalue weighted by Gasteiger charge is 2.27. The van der Waals surface area contributed by atoms with Gasteiger partial charge in [0.25, 0.3) is 0 Å². The zero-order chi connectivity index (χ0) is 31.3. The van der Waals surface area contributed by atoms with Gasteiger partial charge in [-0.15, -0.1) is 0 Å². The van der Waals surface area contributed by atoms with Crippen molar-refractivity contribution in [2.45, 2.75) is 78.2 Å². The molecular formula is C31H41ClN2O8. The second kappa shape index (κ2) is 16.6. The Kier molecular flexibility index (Phi) is 13.6. The number of halogens is 1. The number of nitrogens with one attached hydrogen (secondary N) is 2. The number of esters is 2. The second-order valence-electron chi connectivity index (χ2n) is 11.1. The quantitative estimate of drug-likeness (QED) is 0.228. The molecule has 0 saturated carbocycles. The first-order valence-corrected chi connectivity index (χ1v) is 14.1. The van der Waals surface area contributed by atoms with Crippen molar-refractivity contribution in [1.29, 1.82) is 0 Å². The summed E-state index contributed by atoms with van der Waals surface area (Å²) in [6.07, 6.45) is -1.65. The molecule has 2 atom stereocenters. The van der Waals surface area contributed by atoms with E-state index in [0.717, 1.165) is 5.56 Å². The average Bonchev–Trinajstić information content (AvgIpc) is 2.90. The van der Waals surface area contributed by atoms with E-state index < -0.39 is 41.7 Å². The summed E-state index contributed by atoms with van der Waals surface area (Å²) in [6.45, 7) is 8.91. The van der Waals surface area contributed by atoms with Crippen molar-refractivity contribution in [3.8, 4) is 5.75 Å². The van der Waals surface area contributed by atoms with Gasteiger partial charge in [0.05, 0.1) is 18.6 Å². The van der Waals surface area contributed by atoms with E-state index in [-0.39, 0.29) is 38.3 Å². The molecule has 0 fully saturated rings. The van der Waals surface area contributed by atoms with Gasteiger partial charge in [-0.3, -0.25) is 9.59 Å². The molecule has 0 unspecified atom stereocenters. The summed E-state index contributed by atoms with van der Waals surface area (Å²) in [5.74, 6) is -1.31. The van der Waals surface area contributed by atoms with Crippen LogP contribution < -0.4 is 15.4 Å². The fourth-order valence-electron chi connectivity index (χ4n) is 3.80. The molecule has 0 bridgehead atoms. The summed E-state index contributed by atoms with van der Waals surface area (Å²) < 4.78 is 21.3. The predicted octanol–water partition coefficient (Wildman–Crippen LogP) is 4.99. The maximum Gasteiger partial charge on any atom is 0.408 e. The zero-order valence-corrected chi connectivity index (χ0v) is 25.8. The van der Waals surface area contributed by atoms with E-state index in [2.05, 4.69) is 10.6 Å². The Morgan fingerprint density at radius 3 is 2.26 bits per heavy atom. The first-order valence-electron chi connectivity index (χ1n) is 13.8. The van der Waals surface area contributed by atoms with Crippen LogP contribution in [0.5, 0.6) is 5.75 Å². The lowest BCUT2D eigenvalue weighted by molar-refractivity contribution is -0.169. The van der Waals surface area contributed by atoms with Gasteiger partial charge in [0.2, 0.25) is 5.91 Å². The molecule has 0 heterocycles. The highest BCUT2D eigenvalue weighted by Crippen LogP contribution is 2.25. The number of amides is 2. The van der Waals surface area contributed by atoms with E-state index in [1.807, 2.05) is 44.2 Å². The summed E-state index contributed by atoms with van der Waals surface area (Å²) >= 11 is 6.23. The molecule has 2 N–H and O–H groups in total. The number of rotatable bonds is 14. The molecule has 0 aliphatic carbocycles. The van der Waals surface area contributed by atoms with Gasteiger partial charge in [-0.25, -0.2) is 9.59 Å². The van der Waals surface area contributed by atoms with Crippen LogP contribution in [-0.2, 0) is 41.6 Å². The van der Waals surface area contributed by atoms with E-state index in [1.165, 1.54) is 7.11 Å². The second-order valence-corrected chi connectivity index (χ2v) is 11.5. The van der Waals surface area contributed by atoms with Gasteiger partial charge >= 0.3 is 18.0 Å². The SMILES string of the molecule is COc1ccc(C[C@@H](NC(=O)OC(C)(C)C)C(=O)NCCC(=O)O[C@H](CC(C)C)C(=O)OCc2ccccc2)cc1Cl. The molecule has 0 aromatic heterocycles. The van der Waals surface area contributed by atoms with Gasteiger partial charge in [0.1, 0.15) is 24.0 Å². The summed E-state index contributed by atoms with van der Waals surface area (Å²) in [5.41, 5.74) is 0.712. The Morgan fingerprint density at radius 1 is 0.976 bits per heavy atom. The summed E-state index contributed by atoms with van der Waals surface area (Å²) in [7, 11) is 1.49. The standard InChI is InChI=1S/C31H41ClN2O8/c1-20(2)16-26(29(37)40-19-21-10-8-7-9-11-21)41-27(35)14-15-33-28(36)24(34-30(38)42-31(3,4)5)18-22-12-13-25(39-6)23(32)17-22/h7-13,17,20,24,26H,14-16,18-19H2,1-6H3,(H,33,36)(H,34,38)/t24-,26-/m1/s1. The highest BCUT2D eigenvalue weighted by atomic mass is 35.5. The number of hydrogen-bond acceptors (Lipinski definition) is 8. The molecular weight excluding hydrogens is 564 g/mol. The zero-order valence-electron chi connectivity index (χ0n) is 25.0. The molecule has 0 saturated heterocycles. The number of hydrogen-bond donors (Lipinski definition) is 2. The van der Waals surface area contributed by atoms with Crippen molar-refractivity contribution in [2.24, 2.45) is 5.92 Å². The predicted molar refractivity (Wildman–Crippen MR) is 158 cm³/mol. The summed E-state index contributed by atoms with van der Waals surface area (Å²) in [6, 6.07) is 13.2. The minimum Gasteiger partial charge on any atom is -0.495 e. The lowest BCUT2D eigenvalue weighted by Crippen LogP contribution is -2.49. The van der Waals surface area contributed by atoms with Crippen molar-refractivity contribution in [3.05, 3.63) is 64.7 Å². The van der Waals surface area contributed by atoms with E-state index >= 15 is 0 Å². The minimum absolute atomic E-state index is 0.0628. The molecule has 2 amide bonds. The molecule has 42 heavy (non-hydrogen) atoms. The largest absolute Gasteiger partial charge is 0.495 e.